The average molecular weight is 304 g/mol. The summed E-state index contributed by atoms with van der Waals surface area (Å²) in [6.07, 6.45) is -2.92. The zero-order valence-corrected chi connectivity index (χ0v) is 11.1. The largest absolute Gasteiger partial charge is 0.573 e. The summed E-state index contributed by atoms with van der Waals surface area (Å²) in [4.78, 5) is 11.6. The average Bonchev–Trinajstić information content (AvgIpc) is 2.87. The Morgan fingerprint density at radius 2 is 2.24 bits per heavy atom. The molecule has 1 aromatic rings. The third-order valence-corrected chi connectivity index (χ3v) is 2.84. The first-order valence-corrected chi connectivity index (χ1v) is 6.45. The van der Waals surface area contributed by atoms with E-state index < -0.39 is 12.4 Å². The molecule has 0 spiro atoms. The van der Waals surface area contributed by atoms with Crippen LogP contribution in [0.1, 0.15) is 12.8 Å². The van der Waals surface area contributed by atoms with Crippen LogP contribution in [0.25, 0.3) is 0 Å². The van der Waals surface area contributed by atoms with Crippen LogP contribution in [0.2, 0.25) is 0 Å². The summed E-state index contributed by atoms with van der Waals surface area (Å²) in [5, 5.41) is 5.04. The van der Waals surface area contributed by atoms with Gasteiger partial charge in [-0.3, -0.25) is 0 Å². The highest BCUT2D eigenvalue weighted by atomic mass is 19.4. The van der Waals surface area contributed by atoms with E-state index in [1.54, 1.807) is 0 Å². The molecule has 2 rings (SSSR count). The van der Waals surface area contributed by atoms with Crippen LogP contribution >= 0.6 is 0 Å². The molecule has 1 aromatic carbocycles. The zero-order valence-electron chi connectivity index (χ0n) is 11.1. The summed E-state index contributed by atoms with van der Waals surface area (Å²) in [6, 6.07) is 4.57. The van der Waals surface area contributed by atoms with Gasteiger partial charge in [0, 0.05) is 24.9 Å². The molecule has 21 heavy (non-hydrogen) atoms. The van der Waals surface area contributed by atoms with Gasteiger partial charge in [-0.2, -0.15) is 0 Å². The van der Waals surface area contributed by atoms with Crippen LogP contribution in [0.15, 0.2) is 24.3 Å². The third kappa shape index (κ3) is 5.50. The van der Waals surface area contributed by atoms with Crippen molar-refractivity contribution in [3.63, 3.8) is 0 Å². The smallest absolute Gasteiger partial charge is 0.406 e. The predicted molar refractivity (Wildman–Crippen MR) is 69.1 cm³/mol. The summed E-state index contributed by atoms with van der Waals surface area (Å²) in [7, 11) is 0. The number of carbonyl (C=O) groups is 1. The molecule has 8 heteroatoms. The number of anilines is 1. The second-order valence-electron chi connectivity index (χ2n) is 4.55. The molecule has 0 radical (unpaired) electrons. The van der Waals surface area contributed by atoms with Crippen LogP contribution < -0.4 is 15.4 Å². The number of urea groups is 1. The van der Waals surface area contributed by atoms with Crippen LogP contribution in [0.4, 0.5) is 23.7 Å². The van der Waals surface area contributed by atoms with Gasteiger partial charge in [0.05, 0.1) is 6.10 Å². The maximum absolute atomic E-state index is 12.1. The van der Waals surface area contributed by atoms with Crippen molar-refractivity contribution in [3.05, 3.63) is 24.3 Å². The highest BCUT2D eigenvalue weighted by Crippen LogP contribution is 2.24. The fraction of sp³-hybridized carbons (Fsp3) is 0.462. The molecule has 1 heterocycles. The lowest BCUT2D eigenvalue weighted by Crippen LogP contribution is -2.35. The molecule has 1 saturated heterocycles. The fourth-order valence-electron chi connectivity index (χ4n) is 1.96. The van der Waals surface area contributed by atoms with Gasteiger partial charge >= 0.3 is 12.4 Å². The number of carbonyl (C=O) groups excluding carboxylic acids is 1. The van der Waals surface area contributed by atoms with E-state index in [0.29, 0.717) is 13.2 Å². The SMILES string of the molecule is O=C(NCC1CCCO1)Nc1cccc(OC(F)(F)F)c1. The van der Waals surface area contributed by atoms with Crippen LogP contribution in [-0.4, -0.2) is 31.6 Å². The minimum absolute atomic E-state index is 0.00403. The van der Waals surface area contributed by atoms with E-state index in [2.05, 4.69) is 15.4 Å². The second kappa shape index (κ2) is 6.66. The van der Waals surface area contributed by atoms with Gasteiger partial charge < -0.3 is 20.1 Å². The quantitative estimate of drug-likeness (QED) is 0.899. The van der Waals surface area contributed by atoms with E-state index in [9.17, 15) is 18.0 Å². The highest BCUT2D eigenvalue weighted by molar-refractivity contribution is 5.89. The number of ether oxygens (including phenoxy) is 2. The van der Waals surface area contributed by atoms with E-state index in [1.165, 1.54) is 12.1 Å². The molecule has 116 valence electrons. The first-order valence-electron chi connectivity index (χ1n) is 6.45. The minimum atomic E-state index is -4.76. The molecule has 1 aliphatic rings. The van der Waals surface area contributed by atoms with E-state index >= 15 is 0 Å². The van der Waals surface area contributed by atoms with Crippen molar-refractivity contribution in [3.8, 4) is 5.75 Å². The van der Waals surface area contributed by atoms with Gasteiger partial charge in [0.1, 0.15) is 5.75 Å². The lowest BCUT2D eigenvalue weighted by Gasteiger charge is -2.13. The number of benzene rings is 1. The Labute approximate surface area is 119 Å². The molecule has 1 atom stereocenters. The molecule has 5 nitrogen and oxygen atoms in total. The third-order valence-electron chi connectivity index (χ3n) is 2.84. The van der Waals surface area contributed by atoms with Crippen molar-refractivity contribution >= 4 is 11.7 Å². The first-order chi connectivity index (χ1) is 9.92. The Morgan fingerprint density at radius 1 is 1.43 bits per heavy atom. The van der Waals surface area contributed by atoms with Gasteiger partial charge in [-0.15, -0.1) is 13.2 Å². The van der Waals surface area contributed by atoms with Crippen molar-refractivity contribution in [1.29, 1.82) is 0 Å². The molecule has 1 fully saturated rings. The normalized spacial score (nSPS) is 18.3. The van der Waals surface area contributed by atoms with E-state index in [-0.39, 0.29) is 17.5 Å². The highest BCUT2D eigenvalue weighted by Gasteiger charge is 2.31. The molecule has 0 aliphatic carbocycles. The van der Waals surface area contributed by atoms with Gasteiger partial charge in [0.25, 0.3) is 0 Å². The van der Waals surface area contributed by atoms with Crippen LogP contribution in [-0.2, 0) is 4.74 Å². The lowest BCUT2D eigenvalue weighted by molar-refractivity contribution is -0.274. The van der Waals surface area contributed by atoms with E-state index in [1.807, 2.05) is 0 Å². The maximum Gasteiger partial charge on any atom is 0.573 e. The van der Waals surface area contributed by atoms with E-state index in [4.69, 9.17) is 4.74 Å². The van der Waals surface area contributed by atoms with Crippen molar-refractivity contribution in [2.75, 3.05) is 18.5 Å². The van der Waals surface area contributed by atoms with Gasteiger partial charge in [-0.05, 0) is 25.0 Å². The predicted octanol–water partition coefficient (Wildman–Crippen LogP) is 2.89. The Morgan fingerprint density at radius 3 is 2.90 bits per heavy atom. The Kier molecular flexibility index (Phi) is 4.89. The van der Waals surface area contributed by atoms with Crippen molar-refractivity contribution < 1.29 is 27.4 Å². The van der Waals surface area contributed by atoms with Gasteiger partial charge in [-0.1, -0.05) is 6.07 Å². The molecule has 0 bridgehead atoms. The minimum Gasteiger partial charge on any atom is -0.406 e. The van der Waals surface area contributed by atoms with Crippen molar-refractivity contribution in [2.24, 2.45) is 0 Å². The number of alkyl halides is 3. The number of rotatable bonds is 4. The monoisotopic (exact) mass is 304 g/mol. The van der Waals surface area contributed by atoms with Gasteiger partial charge in [-0.25, -0.2) is 4.79 Å². The number of nitrogens with one attached hydrogen (secondary N) is 2. The number of amides is 2. The Bertz CT molecular complexity index is 488. The van der Waals surface area contributed by atoms with Crippen LogP contribution in [0.5, 0.6) is 5.75 Å². The molecule has 2 amide bonds. The summed E-state index contributed by atoms with van der Waals surface area (Å²) >= 11 is 0. The van der Waals surface area contributed by atoms with Crippen LogP contribution in [0.3, 0.4) is 0 Å². The number of hydrogen-bond donors (Lipinski definition) is 2. The summed E-state index contributed by atoms with van der Waals surface area (Å²) in [6.45, 7) is 1.05. The van der Waals surface area contributed by atoms with Gasteiger partial charge in [0.15, 0.2) is 0 Å². The molecule has 0 aromatic heterocycles. The molecular formula is C13H15F3N2O3. The fourth-order valence-corrected chi connectivity index (χ4v) is 1.96. The first kappa shape index (κ1) is 15.4. The second-order valence-corrected chi connectivity index (χ2v) is 4.55. The molecule has 0 saturated carbocycles. The van der Waals surface area contributed by atoms with Crippen molar-refractivity contribution in [1.82, 2.24) is 5.32 Å². The molecule has 1 unspecified atom stereocenters. The summed E-state index contributed by atoms with van der Waals surface area (Å²) < 4.78 is 45.4. The zero-order chi connectivity index (χ0) is 15.3. The number of hydrogen-bond acceptors (Lipinski definition) is 3. The summed E-state index contributed by atoms with van der Waals surface area (Å²) in [5.74, 6) is -0.389. The van der Waals surface area contributed by atoms with Crippen molar-refractivity contribution in [2.45, 2.75) is 25.3 Å². The Hall–Kier alpha value is -1.96. The molecule has 1 aliphatic heterocycles. The van der Waals surface area contributed by atoms with Crippen LogP contribution in [0, 0.1) is 0 Å². The molecule has 2 N–H and O–H groups in total. The van der Waals surface area contributed by atoms with Gasteiger partial charge in [0.2, 0.25) is 0 Å². The maximum atomic E-state index is 12.1. The Balaban J connectivity index is 1.83. The van der Waals surface area contributed by atoms with E-state index in [0.717, 1.165) is 25.0 Å². The number of halogens is 3. The molecular weight excluding hydrogens is 289 g/mol. The topological polar surface area (TPSA) is 59.6 Å². The summed E-state index contributed by atoms with van der Waals surface area (Å²) in [5.41, 5.74) is 0.210. The standard InChI is InChI=1S/C13H15F3N2O3/c14-13(15,16)21-10-4-1-3-9(7-10)18-12(19)17-8-11-5-2-6-20-11/h1,3-4,7,11H,2,5-6,8H2,(H2,17,18,19). The lowest BCUT2D eigenvalue weighted by atomic mass is 10.2.